The van der Waals surface area contributed by atoms with Crippen molar-refractivity contribution in [1.82, 2.24) is 4.90 Å². The maximum atomic E-state index is 13.4. The van der Waals surface area contributed by atoms with E-state index in [0.29, 0.717) is 16.9 Å². The third-order valence-electron chi connectivity index (χ3n) is 2.93. The Kier molecular flexibility index (Phi) is 5.68. The Morgan fingerprint density at radius 3 is 2.61 bits per heavy atom. The predicted molar refractivity (Wildman–Crippen MR) is 82.4 cm³/mol. The zero-order valence-electron chi connectivity index (χ0n) is 12.0. The minimum absolute atomic E-state index is 0.318. The molecule has 0 fully saturated rings. The minimum Gasteiger partial charge on any atom is -0.452 e. The fraction of sp³-hybridized carbons (Fsp3) is 0.200. The molecular weight excluding hydrogens is 348 g/mol. The van der Waals surface area contributed by atoms with E-state index in [1.54, 1.807) is 19.2 Å². The SMILES string of the molecule is CN(Cc1ccc(Cl)s1)C(=O)COC(=O)c1ccc(F)cc1F. The van der Waals surface area contributed by atoms with Crippen LogP contribution in [-0.4, -0.2) is 30.4 Å². The van der Waals surface area contributed by atoms with Gasteiger partial charge in [0.05, 0.1) is 16.4 Å². The van der Waals surface area contributed by atoms with Crippen molar-refractivity contribution in [2.45, 2.75) is 6.54 Å². The second-order valence-corrected chi connectivity index (χ2v) is 6.46. The van der Waals surface area contributed by atoms with E-state index < -0.39 is 35.7 Å². The van der Waals surface area contributed by atoms with Crippen molar-refractivity contribution in [3.8, 4) is 0 Å². The van der Waals surface area contributed by atoms with Crippen molar-refractivity contribution in [1.29, 1.82) is 0 Å². The first-order valence-corrected chi connectivity index (χ1v) is 7.66. The fourth-order valence-corrected chi connectivity index (χ4v) is 2.87. The first kappa shape index (κ1) is 17.4. The molecule has 0 unspecified atom stereocenters. The molecule has 0 radical (unpaired) electrons. The van der Waals surface area contributed by atoms with E-state index in [-0.39, 0.29) is 0 Å². The number of rotatable bonds is 5. The number of nitrogens with zero attached hydrogens (tertiary/aromatic N) is 1. The normalized spacial score (nSPS) is 10.4. The van der Waals surface area contributed by atoms with Crippen LogP contribution >= 0.6 is 22.9 Å². The van der Waals surface area contributed by atoms with E-state index in [2.05, 4.69) is 0 Å². The van der Waals surface area contributed by atoms with Crippen molar-refractivity contribution in [3.63, 3.8) is 0 Å². The summed E-state index contributed by atoms with van der Waals surface area (Å²) in [5.74, 6) is -3.32. The lowest BCUT2D eigenvalue weighted by Crippen LogP contribution is -2.30. The largest absolute Gasteiger partial charge is 0.452 e. The Morgan fingerprint density at radius 2 is 2.00 bits per heavy atom. The summed E-state index contributed by atoms with van der Waals surface area (Å²) in [6.07, 6.45) is 0. The van der Waals surface area contributed by atoms with Crippen LogP contribution in [0.5, 0.6) is 0 Å². The molecule has 1 heterocycles. The molecule has 0 atom stereocenters. The summed E-state index contributed by atoms with van der Waals surface area (Å²) in [5, 5.41) is 0. The van der Waals surface area contributed by atoms with Crippen LogP contribution in [0.4, 0.5) is 8.78 Å². The molecule has 0 N–H and O–H groups in total. The molecule has 2 aromatic rings. The number of amides is 1. The van der Waals surface area contributed by atoms with Gasteiger partial charge in [0.2, 0.25) is 0 Å². The van der Waals surface area contributed by atoms with Gasteiger partial charge in [-0.2, -0.15) is 0 Å². The first-order valence-electron chi connectivity index (χ1n) is 6.47. The molecule has 8 heteroatoms. The van der Waals surface area contributed by atoms with Crippen LogP contribution in [0.2, 0.25) is 4.34 Å². The molecule has 0 bridgehead atoms. The van der Waals surface area contributed by atoms with Crippen molar-refractivity contribution >= 4 is 34.8 Å². The molecule has 0 aliphatic rings. The molecular formula is C15H12ClF2NO3S. The van der Waals surface area contributed by atoms with Crippen LogP contribution in [0.25, 0.3) is 0 Å². The molecule has 4 nitrogen and oxygen atoms in total. The van der Waals surface area contributed by atoms with Gasteiger partial charge >= 0.3 is 5.97 Å². The number of carbonyl (C=O) groups excluding carboxylic acids is 2. The summed E-state index contributed by atoms with van der Waals surface area (Å²) in [6.45, 7) is -0.218. The highest BCUT2D eigenvalue weighted by Gasteiger charge is 2.17. The molecule has 1 aromatic carbocycles. The van der Waals surface area contributed by atoms with Crippen molar-refractivity contribution in [3.05, 3.63) is 56.7 Å². The monoisotopic (exact) mass is 359 g/mol. The molecule has 122 valence electrons. The Labute approximate surface area is 140 Å². The summed E-state index contributed by atoms with van der Waals surface area (Å²) in [5.41, 5.74) is -0.424. The lowest BCUT2D eigenvalue weighted by atomic mass is 10.2. The molecule has 0 aliphatic heterocycles. The number of hydrogen-bond acceptors (Lipinski definition) is 4. The minimum atomic E-state index is -1.04. The van der Waals surface area contributed by atoms with Gasteiger partial charge in [0, 0.05) is 18.0 Å². The highest BCUT2D eigenvalue weighted by Crippen LogP contribution is 2.22. The quantitative estimate of drug-likeness (QED) is 0.768. The molecule has 0 saturated carbocycles. The topological polar surface area (TPSA) is 46.6 Å². The Morgan fingerprint density at radius 1 is 1.26 bits per heavy atom. The summed E-state index contributed by atoms with van der Waals surface area (Å²) in [6, 6.07) is 5.99. The number of thiophene rings is 1. The molecule has 2 rings (SSSR count). The second kappa shape index (κ2) is 7.52. The van der Waals surface area contributed by atoms with Gasteiger partial charge in [0.15, 0.2) is 6.61 Å². The van der Waals surface area contributed by atoms with E-state index in [1.807, 2.05) is 0 Å². The molecule has 0 aliphatic carbocycles. The number of hydrogen-bond donors (Lipinski definition) is 0. The highest BCUT2D eigenvalue weighted by atomic mass is 35.5. The first-order chi connectivity index (χ1) is 10.9. The van der Waals surface area contributed by atoms with Gasteiger partial charge in [-0.15, -0.1) is 11.3 Å². The lowest BCUT2D eigenvalue weighted by molar-refractivity contribution is -0.133. The van der Waals surface area contributed by atoms with E-state index in [0.717, 1.165) is 17.0 Å². The summed E-state index contributed by atoms with van der Waals surface area (Å²) in [4.78, 5) is 25.8. The smallest absolute Gasteiger partial charge is 0.341 e. The standard InChI is InChI=1S/C15H12ClF2NO3S/c1-19(7-10-3-5-13(16)23-10)14(20)8-22-15(21)11-4-2-9(17)6-12(11)18/h2-6H,7-8H2,1H3. The number of carbonyl (C=O) groups is 2. The Hall–Kier alpha value is -1.99. The maximum Gasteiger partial charge on any atom is 0.341 e. The van der Waals surface area contributed by atoms with E-state index >= 15 is 0 Å². The van der Waals surface area contributed by atoms with Crippen LogP contribution in [-0.2, 0) is 16.1 Å². The average molecular weight is 360 g/mol. The summed E-state index contributed by atoms with van der Waals surface area (Å²) < 4.78 is 31.6. The summed E-state index contributed by atoms with van der Waals surface area (Å²) in [7, 11) is 1.54. The molecule has 0 saturated heterocycles. The third-order valence-corrected chi connectivity index (χ3v) is 4.14. The third kappa shape index (κ3) is 4.74. The zero-order chi connectivity index (χ0) is 17.0. The number of likely N-dealkylation sites (N-methyl/N-ethyl adjacent to an activating group) is 1. The van der Waals surface area contributed by atoms with Crippen molar-refractivity contribution in [2.75, 3.05) is 13.7 Å². The summed E-state index contributed by atoms with van der Waals surface area (Å²) >= 11 is 7.14. The molecule has 23 heavy (non-hydrogen) atoms. The van der Waals surface area contributed by atoms with Crippen LogP contribution in [0.1, 0.15) is 15.2 Å². The van der Waals surface area contributed by atoms with Gasteiger partial charge in [-0.3, -0.25) is 4.79 Å². The van der Waals surface area contributed by atoms with Gasteiger partial charge in [-0.1, -0.05) is 11.6 Å². The van der Waals surface area contributed by atoms with Crippen LogP contribution in [0, 0.1) is 11.6 Å². The van der Waals surface area contributed by atoms with E-state index in [4.69, 9.17) is 16.3 Å². The maximum absolute atomic E-state index is 13.4. The van der Waals surface area contributed by atoms with Crippen LogP contribution < -0.4 is 0 Å². The van der Waals surface area contributed by atoms with Crippen LogP contribution in [0.3, 0.4) is 0 Å². The second-order valence-electron chi connectivity index (χ2n) is 4.66. The highest BCUT2D eigenvalue weighted by molar-refractivity contribution is 7.16. The van der Waals surface area contributed by atoms with Gasteiger partial charge in [-0.25, -0.2) is 13.6 Å². The van der Waals surface area contributed by atoms with Crippen molar-refractivity contribution < 1.29 is 23.1 Å². The molecule has 1 amide bonds. The molecule has 0 spiro atoms. The van der Waals surface area contributed by atoms with Crippen molar-refractivity contribution in [2.24, 2.45) is 0 Å². The fourth-order valence-electron chi connectivity index (χ4n) is 1.73. The number of halogens is 3. The molecule has 1 aromatic heterocycles. The van der Waals surface area contributed by atoms with E-state index in [9.17, 15) is 18.4 Å². The number of ether oxygens (including phenoxy) is 1. The zero-order valence-corrected chi connectivity index (χ0v) is 13.6. The van der Waals surface area contributed by atoms with Gasteiger partial charge in [0.1, 0.15) is 11.6 Å². The lowest BCUT2D eigenvalue weighted by Gasteiger charge is -2.16. The van der Waals surface area contributed by atoms with E-state index in [1.165, 1.54) is 16.2 Å². The van der Waals surface area contributed by atoms with Crippen LogP contribution in [0.15, 0.2) is 30.3 Å². The predicted octanol–water partition coefficient (Wildman–Crippen LogP) is 3.50. The Balaban J connectivity index is 1.89. The van der Waals surface area contributed by atoms with Gasteiger partial charge in [-0.05, 0) is 24.3 Å². The number of esters is 1. The number of benzene rings is 1. The van der Waals surface area contributed by atoms with Gasteiger partial charge in [0.25, 0.3) is 5.91 Å². The average Bonchev–Trinajstić information content (AvgIpc) is 2.89. The van der Waals surface area contributed by atoms with Gasteiger partial charge < -0.3 is 9.64 Å². The Bertz CT molecular complexity index is 735.